The highest BCUT2D eigenvalue weighted by Crippen LogP contribution is 2.22. The summed E-state index contributed by atoms with van der Waals surface area (Å²) in [5.41, 5.74) is 5.96. The quantitative estimate of drug-likeness (QED) is 0.552. The molecule has 0 bridgehead atoms. The molecule has 0 saturated heterocycles. The molecular formula is C12H12BrN5O3. The number of aromatic nitrogens is 2. The summed E-state index contributed by atoms with van der Waals surface area (Å²) in [5.74, 6) is -0.120. The molecule has 1 aromatic heterocycles. The number of hydrogen-bond acceptors (Lipinski definition) is 7. The summed E-state index contributed by atoms with van der Waals surface area (Å²) >= 11 is 3.33. The fourth-order valence-corrected chi connectivity index (χ4v) is 1.95. The van der Waals surface area contributed by atoms with Crippen molar-refractivity contribution in [3.05, 3.63) is 50.6 Å². The molecule has 2 rings (SSSR count). The first kappa shape index (κ1) is 15.1. The standard InChI is InChI=1S/C12H12BrN5O3/c13-8-3-1-7(2-4-8)9(6-19)16-12-15-5-10(18(20)21)11(14)17-12/h1-5,9,19H,6H2,(H3,14,15,16,17). The molecule has 1 heterocycles. The number of hydrogen-bond donors (Lipinski definition) is 3. The maximum Gasteiger partial charge on any atom is 0.329 e. The van der Waals surface area contributed by atoms with Gasteiger partial charge in [-0.15, -0.1) is 0 Å². The second-order valence-electron chi connectivity index (χ2n) is 4.15. The maximum atomic E-state index is 10.6. The van der Waals surface area contributed by atoms with Crippen molar-refractivity contribution in [2.75, 3.05) is 17.7 Å². The molecule has 4 N–H and O–H groups in total. The molecule has 0 amide bonds. The van der Waals surface area contributed by atoms with Crippen molar-refractivity contribution in [2.24, 2.45) is 0 Å². The van der Waals surface area contributed by atoms with Crippen LogP contribution in [0.4, 0.5) is 17.5 Å². The lowest BCUT2D eigenvalue weighted by atomic mass is 10.1. The van der Waals surface area contributed by atoms with Gasteiger partial charge in [-0.2, -0.15) is 4.98 Å². The van der Waals surface area contributed by atoms with Gasteiger partial charge in [0, 0.05) is 4.47 Å². The van der Waals surface area contributed by atoms with Crippen LogP contribution < -0.4 is 11.1 Å². The Balaban J connectivity index is 2.20. The predicted molar refractivity (Wildman–Crippen MR) is 80.7 cm³/mol. The first-order valence-electron chi connectivity index (χ1n) is 5.91. The molecule has 2 aromatic rings. The summed E-state index contributed by atoms with van der Waals surface area (Å²) in [5, 5.41) is 23.0. The van der Waals surface area contributed by atoms with E-state index in [9.17, 15) is 15.2 Å². The van der Waals surface area contributed by atoms with Crippen molar-refractivity contribution in [3.63, 3.8) is 0 Å². The van der Waals surface area contributed by atoms with E-state index in [0.29, 0.717) is 0 Å². The summed E-state index contributed by atoms with van der Waals surface area (Å²) in [7, 11) is 0. The molecule has 0 spiro atoms. The number of nitro groups is 1. The number of halogens is 1. The Morgan fingerprint density at radius 3 is 2.62 bits per heavy atom. The zero-order valence-corrected chi connectivity index (χ0v) is 12.3. The Bertz CT molecular complexity index is 650. The molecule has 9 heteroatoms. The maximum absolute atomic E-state index is 10.6. The largest absolute Gasteiger partial charge is 0.394 e. The topological polar surface area (TPSA) is 127 Å². The van der Waals surface area contributed by atoms with E-state index in [2.05, 4.69) is 31.2 Å². The Morgan fingerprint density at radius 1 is 1.43 bits per heavy atom. The molecule has 0 aliphatic heterocycles. The van der Waals surface area contributed by atoms with Gasteiger partial charge in [0.1, 0.15) is 6.20 Å². The van der Waals surface area contributed by atoms with Gasteiger partial charge in [0.15, 0.2) is 0 Å². The SMILES string of the molecule is Nc1nc(NC(CO)c2ccc(Br)cc2)ncc1[N+](=O)[O-]. The zero-order valence-electron chi connectivity index (χ0n) is 10.7. The second-order valence-corrected chi connectivity index (χ2v) is 5.07. The Morgan fingerprint density at radius 2 is 2.10 bits per heavy atom. The van der Waals surface area contributed by atoms with Crippen molar-refractivity contribution in [1.29, 1.82) is 0 Å². The Hall–Kier alpha value is -2.26. The highest BCUT2D eigenvalue weighted by molar-refractivity contribution is 9.10. The lowest BCUT2D eigenvalue weighted by Crippen LogP contribution is -2.17. The third kappa shape index (κ3) is 3.64. The summed E-state index contributed by atoms with van der Waals surface area (Å²) < 4.78 is 0.916. The van der Waals surface area contributed by atoms with Crippen LogP contribution in [0.5, 0.6) is 0 Å². The molecular weight excluding hydrogens is 342 g/mol. The number of nitrogens with two attached hydrogens (primary N) is 1. The molecule has 1 aromatic carbocycles. The van der Waals surface area contributed by atoms with Gasteiger partial charge < -0.3 is 16.2 Å². The van der Waals surface area contributed by atoms with Gasteiger partial charge in [-0.25, -0.2) is 4.98 Å². The monoisotopic (exact) mass is 353 g/mol. The van der Waals surface area contributed by atoms with Crippen LogP contribution in [0.1, 0.15) is 11.6 Å². The summed E-state index contributed by atoms with van der Waals surface area (Å²) in [6.07, 6.45) is 1.03. The Kier molecular flexibility index (Phi) is 4.66. The van der Waals surface area contributed by atoms with Gasteiger partial charge in [-0.05, 0) is 17.7 Å². The second kappa shape index (κ2) is 6.46. The van der Waals surface area contributed by atoms with E-state index in [1.165, 1.54) is 0 Å². The molecule has 8 nitrogen and oxygen atoms in total. The minimum Gasteiger partial charge on any atom is -0.394 e. The van der Waals surface area contributed by atoms with Gasteiger partial charge in [0.05, 0.1) is 17.6 Å². The highest BCUT2D eigenvalue weighted by atomic mass is 79.9. The van der Waals surface area contributed by atoms with Crippen LogP contribution in [-0.2, 0) is 0 Å². The molecule has 21 heavy (non-hydrogen) atoms. The van der Waals surface area contributed by atoms with Crippen molar-refractivity contribution < 1.29 is 10.0 Å². The average molecular weight is 354 g/mol. The number of anilines is 2. The van der Waals surface area contributed by atoms with E-state index >= 15 is 0 Å². The van der Waals surface area contributed by atoms with Crippen LogP contribution in [0, 0.1) is 10.1 Å². The Labute approximate surface area is 128 Å². The third-order valence-corrected chi connectivity index (χ3v) is 3.28. The summed E-state index contributed by atoms with van der Waals surface area (Å²) in [6, 6.07) is 6.88. The van der Waals surface area contributed by atoms with Crippen molar-refractivity contribution in [1.82, 2.24) is 9.97 Å². The summed E-state index contributed by atoms with van der Waals surface area (Å²) in [6.45, 7) is -0.193. The van der Waals surface area contributed by atoms with E-state index in [0.717, 1.165) is 16.2 Å². The molecule has 1 atom stereocenters. The van der Waals surface area contributed by atoms with Crippen LogP contribution in [0.2, 0.25) is 0 Å². The van der Waals surface area contributed by atoms with Crippen molar-refractivity contribution >= 4 is 33.4 Å². The van der Waals surface area contributed by atoms with Crippen LogP contribution in [0.25, 0.3) is 0 Å². The average Bonchev–Trinajstić information content (AvgIpc) is 2.45. The van der Waals surface area contributed by atoms with Gasteiger partial charge in [-0.3, -0.25) is 10.1 Å². The number of aliphatic hydroxyl groups is 1. The van der Waals surface area contributed by atoms with Gasteiger partial charge in [0.25, 0.3) is 0 Å². The lowest BCUT2D eigenvalue weighted by molar-refractivity contribution is -0.384. The number of nitrogens with one attached hydrogen (secondary N) is 1. The molecule has 1 unspecified atom stereocenters. The first-order valence-corrected chi connectivity index (χ1v) is 6.70. The molecule has 110 valence electrons. The fourth-order valence-electron chi connectivity index (χ4n) is 1.68. The van der Waals surface area contributed by atoms with Crippen LogP contribution in [-0.4, -0.2) is 26.6 Å². The zero-order chi connectivity index (χ0) is 15.4. The minimum absolute atomic E-state index is 0.111. The van der Waals surface area contributed by atoms with E-state index < -0.39 is 11.0 Å². The van der Waals surface area contributed by atoms with Crippen LogP contribution >= 0.6 is 15.9 Å². The molecule has 0 saturated carbocycles. The number of benzene rings is 1. The van der Waals surface area contributed by atoms with E-state index in [1.807, 2.05) is 24.3 Å². The van der Waals surface area contributed by atoms with E-state index in [1.54, 1.807) is 0 Å². The first-order chi connectivity index (χ1) is 10.0. The number of rotatable bonds is 5. The van der Waals surface area contributed by atoms with Crippen LogP contribution in [0.15, 0.2) is 34.9 Å². The smallest absolute Gasteiger partial charge is 0.329 e. The fraction of sp³-hybridized carbons (Fsp3) is 0.167. The molecule has 0 aliphatic rings. The molecule has 0 aliphatic carbocycles. The van der Waals surface area contributed by atoms with Gasteiger partial charge in [0.2, 0.25) is 11.8 Å². The number of nitrogens with zero attached hydrogens (tertiary/aromatic N) is 3. The molecule has 0 fully saturated rings. The molecule has 0 radical (unpaired) electrons. The van der Waals surface area contributed by atoms with Crippen LogP contribution in [0.3, 0.4) is 0 Å². The normalized spacial score (nSPS) is 11.9. The number of nitrogen functional groups attached to an aromatic ring is 1. The lowest BCUT2D eigenvalue weighted by Gasteiger charge is -2.16. The number of aliphatic hydroxyl groups excluding tert-OH is 1. The van der Waals surface area contributed by atoms with Crippen molar-refractivity contribution in [2.45, 2.75) is 6.04 Å². The van der Waals surface area contributed by atoms with Gasteiger partial charge >= 0.3 is 5.69 Å². The third-order valence-electron chi connectivity index (χ3n) is 2.75. The predicted octanol–water partition coefficient (Wildman–Crippen LogP) is 1.88. The van der Waals surface area contributed by atoms with Crippen molar-refractivity contribution in [3.8, 4) is 0 Å². The minimum atomic E-state index is -0.655. The van der Waals surface area contributed by atoms with E-state index in [-0.39, 0.29) is 24.1 Å². The summed E-state index contributed by atoms with van der Waals surface area (Å²) in [4.78, 5) is 17.6. The highest BCUT2D eigenvalue weighted by Gasteiger charge is 2.17. The van der Waals surface area contributed by atoms with Gasteiger partial charge in [-0.1, -0.05) is 28.1 Å². The van der Waals surface area contributed by atoms with E-state index in [4.69, 9.17) is 5.73 Å².